The Morgan fingerprint density at radius 3 is 2.94 bits per heavy atom. The fourth-order valence-corrected chi connectivity index (χ4v) is 2.44. The maximum atomic E-state index is 6.07. The lowest BCUT2D eigenvalue weighted by Gasteiger charge is -2.30. The molecule has 1 fully saturated rings. The first-order valence-electron chi connectivity index (χ1n) is 6.45. The van der Waals surface area contributed by atoms with Crippen molar-refractivity contribution in [1.82, 2.24) is 4.90 Å². The van der Waals surface area contributed by atoms with Crippen LogP contribution < -0.4 is 15.2 Å². The van der Waals surface area contributed by atoms with E-state index in [2.05, 4.69) is 11.9 Å². The average molecular weight is 250 g/mol. The number of likely N-dealkylation sites (tertiary alicyclic amines) is 1. The molecule has 2 N–H and O–H groups in total. The minimum absolute atomic E-state index is 0.241. The molecule has 0 saturated carbocycles. The van der Waals surface area contributed by atoms with Crippen molar-refractivity contribution in [3.8, 4) is 11.5 Å². The monoisotopic (exact) mass is 250 g/mol. The minimum atomic E-state index is 0.241. The quantitative estimate of drug-likeness (QED) is 0.882. The number of hydrogen-bond donors (Lipinski definition) is 1. The van der Waals surface area contributed by atoms with Crippen molar-refractivity contribution in [2.45, 2.75) is 25.5 Å². The molecule has 2 rings (SSSR count). The molecule has 1 unspecified atom stereocenters. The van der Waals surface area contributed by atoms with E-state index in [9.17, 15) is 0 Å². The smallest absolute Gasteiger partial charge is 0.165 e. The number of para-hydroxylation sites is 1. The van der Waals surface area contributed by atoms with E-state index in [1.165, 1.54) is 6.42 Å². The second kappa shape index (κ2) is 6.07. The molecule has 4 heteroatoms. The van der Waals surface area contributed by atoms with Gasteiger partial charge in [0.2, 0.25) is 0 Å². The van der Waals surface area contributed by atoms with Crippen LogP contribution >= 0.6 is 0 Å². The minimum Gasteiger partial charge on any atom is -0.493 e. The Morgan fingerprint density at radius 2 is 2.28 bits per heavy atom. The molecule has 1 aromatic carbocycles. The summed E-state index contributed by atoms with van der Waals surface area (Å²) in [4.78, 5) is 2.30. The SMILES string of the molecule is COc1c(CN)cccc1OC1CCCN(C)C1. The molecular formula is C14H22N2O2. The maximum absolute atomic E-state index is 6.07. The molecule has 1 saturated heterocycles. The van der Waals surface area contributed by atoms with E-state index in [4.69, 9.17) is 15.2 Å². The van der Waals surface area contributed by atoms with Gasteiger partial charge in [0, 0.05) is 18.7 Å². The van der Waals surface area contributed by atoms with Crippen LogP contribution in [-0.2, 0) is 6.54 Å². The molecule has 18 heavy (non-hydrogen) atoms. The molecule has 1 aromatic rings. The number of nitrogens with two attached hydrogens (primary N) is 1. The molecular weight excluding hydrogens is 228 g/mol. The molecule has 1 atom stereocenters. The van der Waals surface area contributed by atoms with Gasteiger partial charge in [-0.1, -0.05) is 12.1 Å². The van der Waals surface area contributed by atoms with E-state index in [0.717, 1.165) is 36.6 Å². The van der Waals surface area contributed by atoms with Gasteiger partial charge in [-0.2, -0.15) is 0 Å². The lowest BCUT2D eigenvalue weighted by atomic mass is 10.1. The van der Waals surface area contributed by atoms with Gasteiger partial charge in [0.05, 0.1) is 7.11 Å². The van der Waals surface area contributed by atoms with E-state index in [-0.39, 0.29) is 6.10 Å². The highest BCUT2D eigenvalue weighted by atomic mass is 16.5. The predicted octanol–water partition coefficient (Wildman–Crippen LogP) is 1.63. The summed E-state index contributed by atoms with van der Waals surface area (Å²) >= 11 is 0. The number of likely N-dealkylation sites (N-methyl/N-ethyl adjacent to an activating group) is 1. The largest absolute Gasteiger partial charge is 0.493 e. The summed E-state index contributed by atoms with van der Waals surface area (Å²) in [6.45, 7) is 2.58. The first kappa shape index (κ1) is 13.2. The second-order valence-corrected chi connectivity index (χ2v) is 4.80. The zero-order chi connectivity index (χ0) is 13.0. The third-order valence-corrected chi connectivity index (χ3v) is 3.36. The van der Waals surface area contributed by atoms with Crippen molar-refractivity contribution in [2.75, 3.05) is 27.2 Å². The predicted molar refractivity (Wildman–Crippen MR) is 72.0 cm³/mol. The molecule has 0 spiro atoms. The van der Waals surface area contributed by atoms with E-state index >= 15 is 0 Å². The Labute approximate surface area is 109 Å². The molecule has 0 aliphatic carbocycles. The van der Waals surface area contributed by atoms with Crippen LogP contribution in [0.2, 0.25) is 0 Å². The number of hydrogen-bond acceptors (Lipinski definition) is 4. The van der Waals surface area contributed by atoms with E-state index in [1.54, 1.807) is 7.11 Å². The summed E-state index contributed by atoms with van der Waals surface area (Å²) in [5.74, 6) is 1.58. The highest BCUT2D eigenvalue weighted by molar-refractivity contribution is 5.46. The summed E-state index contributed by atoms with van der Waals surface area (Å²) in [6.07, 6.45) is 2.52. The third-order valence-electron chi connectivity index (χ3n) is 3.36. The number of nitrogens with zero attached hydrogens (tertiary/aromatic N) is 1. The highest BCUT2D eigenvalue weighted by Crippen LogP contribution is 2.32. The Hall–Kier alpha value is -1.26. The van der Waals surface area contributed by atoms with Gasteiger partial charge in [0.1, 0.15) is 6.10 Å². The molecule has 1 aliphatic heterocycles. The summed E-state index contributed by atoms with van der Waals surface area (Å²) < 4.78 is 11.5. The van der Waals surface area contributed by atoms with Gasteiger partial charge < -0.3 is 20.1 Å². The molecule has 4 nitrogen and oxygen atoms in total. The van der Waals surface area contributed by atoms with Gasteiger partial charge in [-0.25, -0.2) is 0 Å². The van der Waals surface area contributed by atoms with Crippen LogP contribution in [0.5, 0.6) is 11.5 Å². The van der Waals surface area contributed by atoms with E-state index in [1.807, 2.05) is 18.2 Å². The van der Waals surface area contributed by atoms with Crippen molar-refractivity contribution < 1.29 is 9.47 Å². The molecule has 0 bridgehead atoms. The summed E-state index contributed by atoms with van der Waals surface area (Å²) in [5, 5.41) is 0. The summed E-state index contributed by atoms with van der Waals surface area (Å²) in [5.41, 5.74) is 6.69. The lowest BCUT2D eigenvalue weighted by molar-refractivity contribution is 0.101. The van der Waals surface area contributed by atoms with Crippen molar-refractivity contribution in [2.24, 2.45) is 5.73 Å². The lowest BCUT2D eigenvalue weighted by Crippen LogP contribution is -2.38. The van der Waals surface area contributed by atoms with Crippen LogP contribution in [-0.4, -0.2) is 38.3 Å². The molecule has 0 amide bonds. The summed E-state index contributed by atoms with van der Waals surface area (Å²) in [6, 6.07) is 5.89. The van der Waals surface area contributed by atoms with Gasteiger partial charge in [0.15, 0.2) is 11.5 Å². The number of benzene rings is 1. The maximum Gasteiger partial charge on any atom is 0.165 e. The van der Waals surface area contributed by atoms with Gasteiger partial charge >= 0.3 is 0 Å². The van der Waals surface area contributed by atoms with Crippen LogP contribution in [0.1, 0.15) is 18.4 Å². The van der Waals surface area contributed by atoms with Crippen LogP contribution in [0.25, 0.3) is 0 Å². The zero-order valence-electron chi connectivity index (χ0n) is 11.2. The highest BCUT2D eigenvalue weighted by Gasteiger charge is 2.20. The standard InChI is InChI=1S/C14H22N2O2/c1-16-8-4-6-12(10-16)18-13-7-3-5-11(9-15)14(13)17-2/h3,5,7,12H,4,6,8-10,15H2,1-2H3. The van der Waals surface area contributed by atoms with Crippen LogP contribution in [0.4, 0.5) is 0 Å². The molecule has 0 radical (unpaired) electrons. The van der Waals surface area contributed by atoms with Gasteiger partial charge in [-0.3, -0.25) is 0 Å². The molecule has 1 heterocycles. The number of methoxy groups -OCH3 is 1. The van der Waals surface area contributed by atoms with Crippen molar-refractivity contribution in [3.63, 3.8) is 0 Å². The van der Waals surface area contributed by atoms with Crippen LogP contribution in [0.3, 0.4) is 0 Å². The Kier molecular flexibility index (Phi) is 4.44. The van der Waals surface area contributed by atoms with E-state index < -0.39 is 0 Å². The van der Waals surface area contributed by atoms with Gasteiger partial charge in [0.25, 0.3) is 0 Å². The fraction of sp³-hybridized carbons (Fsp3) is 0.571. The van der Waals surface area contributed by atoms with Crippen LogP contribution in [0, 0.1) is 0 Å². The Balaban J connectivity index is 2.12. The Bertz CT molecular complexity index is 395. The summed E-state index contributed by atoms with van der Waals surface area (Å²) in [7, 11) is 3.79. The molecule has 100 valence electrons. The number of rotatable bonds is 4. The fourth-order valence-electron chi connectivity index (χ4n) is 2.44. The third kappa shape index (κ3) is 2.94. The van der Waals surface area contributed by atoms with Gasteiger partial charge in [-0.05, 0) is 32.5 Å². The van der Waals surface area contributed by atoms with Crippen molar-refractivity contribution in [3.05, 3.63) is 23.8 Å². The average Bonchev–Trinajstić information content (AvgIpc) is 2.38. The normalized spacial score (nSPS) is 20.7. The topological polar surface area (TPSA) is 47.7 Å². The second-order valence-electron chi connectivity index (χ2n) is 4.80. The molecule has 1 aliphatic rings. The Morgan fingerprint density at radius 1 is 1.44 bits per heavy atom. The molecule has 0 aromatic heterocycles. The van der Waals surface area contributed by atoms with Gasteiger partial charge in [-0.15, -0.1) is 0 Å². The van der Waals surface area contributed by atoms with Crippen molar-refractivity contribution in [1.29, 1.82) is 0 Å². The van der Waals surface area contributed by atoms with Crippen LogP contribution in [0.15, 0.2) is 18.2 Å². The number of ether oxygens (including phenoxy) is 2. The first-order valence-corrected chi connectivity index (χ1v) is 6.45. The number of piperidine rings is 1. The van der Waals surface area contributed by atoms with Crippen molar-refractivity contribution >= 4 is 0 Å². The van der Waals surface area contributed by atoms with E-state index in [0.29, 0.717) is 6.54 Å². The zero-order valence-corrected chi connectivity index (χ0v) is 11.2. The first-order chi connectivity index (χ1) is 8.74.